The molecule has 0 heterocycles. The SMILES string of the molecule is COc1cc(C)c(NC(=O)C2(c3cccc(F)c3)CCC2)cc1OC. The number of benzene rings is 2. The molecule has 0 saturated heterocycles. The van der Waals surface area contributed by atoms with Crippen molar-refractivity contribution < 1.29 is 18.7 Å². The van der Waals surface area contributed by atoms with Gasteiger partial charge in [0, 0.05) is 11.8 Å². The van der Waals surface area contributed by atoms with Crippen molar-refractivity contribution >= 4 is 11.6 Å². The molecule has 25 heavy (non-hydrogen) atoms. The van der Waals surface area contributed by atoms with Crippen molar-refractivity contribution in [2.24, 2.45) is 0 Å². The molecule has 1 amide bonds. The van der Waals surface area contributed by atoms with Crippen molar-refractivity contribution in [2.75, 3.05) is 19.5 Å². The smallest absolute Gasteiger partial charge is 0.235 e. The number of ether oxygens (including phenoxy) is 2. The van der Waals surface area contributed by atoms with Gasteiger partial charge in [0.2, 0.25) is 5.91 Å². The molecule has 4 nitrogen and oxygen atoms in total. The molecule has 132 valence electrons. The Labute approximate surface area is 147 Å². The first-order chi connectivity index (χ1) is 12.0. The molecule has 1 fully saturated rings. The van der Waals surface area contributed by atoms with Crippen LogP contribution in [0.1, 0.15) is 30.4 Å². The highest BCUT2D eigenvalue weighted by atomic mass is 19.1. The third-order valence-electron chi connectivity index (χ3n) is 5.00. The number of methoxy groups -OCH3 is 2. The molecule has 0 unspecified atom stereocenters. The fourth-order valence-corrected chi connectivity index (χ4v) is 3.32. The zero-order valence-corrected chi connectivity index (χ0v) is 14.7. The number of hydrogen-bond donors (Lipinski definition) is 1. The molecule has 2 aromatic carbocycles. The van der Waals surface area contributed by atoms with E-state index >= 15 is 0 Å². The van der Waals surface area contributed by atoms with Crippen molar-refractivity contribution in [3.05, 3.63) is 53.3 Å². The van der Waals surface area contributed by atoms with Gasteiger partial charge in [-0.2, -0.15) is 0 Å². The minimum Gasteiger partial charge on any atom is -0.493 e. The highest BCUT2D eigenvalue weighted by Crippen LogP contribution is 2.45. The number of halogens is 1. The summed E-state index contributed by atoms with van der Waals surface area (Å²) in [5.74, 6) is 0.733. The minimum absolute atomic E-state index is 0.111. The predicted octanol–water partition coefficient (Wildman–Crippen LogP) is 4.21. The molecule has 0 radical (unpaired) electrons. The Bertz CT molecular complexity index is 800. The van der Waals surface area contributed by atoms with Crippen LogP contribution in [0.5, 0.6) is 11.5 Å². The fourth-order valence-electron chi connectivity index (χ4n) is 3.32. The maximum atomic E-state index is 13.6. The van der Waals surface area contributed by atoms with Gasteiger partial charge in [-0.25, -0.2) is 4.39 Å². The first-order valence-electron chi connectivity index (χ1n) is 8.30. The van der Waals surface area contributed by atoms with Gasteiger partial charge in [-0.1, -0.05) is 18.6 Å². The van der Waals surface area contributed by atoms with Gasteiger partial charge in [0.15, 0.2) is 11.5 Å². The van der Waals surface area contributed by atoms with Crippen molar-refractivity contribution in [2.45, 2.75) is 31.6 Å². The molecule has 0 spiro atoms. The quantitative estimate of drug-likeness (QED) is 0.884. The lowest BCUT2D eigenvalue weighted by Gasteiger charge is -2.40. The van der Waals surface area contributed by atoms with Crippen LogP contribution in [-0.2, 0) is 10.2 Å². The number of rotatable bonds is 5. The molecule has 0 atom stereocenters. The first kappa shape index (κ1) is 17.3. The molecule has 2 aromatic rings. The summed E-state index contributed by atoms with van der Waals surface area (Å²) in [7, 11) is 3.13. The summed E-state index contributed by atoms with van der Waals surface area (Å²) in [6.07, 6.45) is 2.39. The summed E-state index contributed by atoms with van der Waals surface area (Å²) in [5.41, 5.74) is 1.61. The summed E-state index contributed by atoms with van der Waals surface area (Å²) in [6, 6.07) is 9.91. The number of amides is 1. The summed E-state index contributed by atoms with van der Waals surface area (Å²) in [5, 5.41) is 3.00. The Morgan fingerprint density at radius 3 is 2.36 bits per heavy atom. The second-order valence-electron chi connectivity index (χ2n) is 6.42. The van der Waals surface area contributed by atoms with Gasteiger partial charge in [-0.3, -0.25) is 4.79 Å². The fraction of sp³-hybridized carbons (Fsp3) is 0.350. The van der Waals surface area contributed by atoms with Gasteiger partial charge < -0.3 is 14.8 Å². The lowest BCUT2D eigenvalue weighted by molar-refractivity contribution is -0.124. The molecule has 3 rings (SSSR count). The van der Waals surface area contributed by atoms with Gasteiger partial charge in [0.1, 0.15) is 5.82 Å². The van der Waals surface area contributed by atoms with Gasteiger partial charge in [-0.15, -0.1) is 0 Å². The molecular formula is C20H22FNO3. The highest BCUT2D eigenvalue weighted by Gasteiger charge is 2.45. The van der Waals surface area contributed by atoms with E-state index < -0.39 is 5.41 Å². The number of aryl methyl sites for hydroxylation is 1. The lowest BCUT2D eigenvalue weighted by atomic mass is 9.63. The maximum absolute atomic E-state index is 13.6. The van der Waals surface area contributed by atoms with Gasteiger partial charge in [0.25, 0.3) is 0 Å². The van der Waals surface area contributed by atoms with E-state index in [1.165, 1.54) is 12.1 Å². The van der Waals surface area contributed by atoms with E-state index in [2.05, 4.69) is 5.32 Å². The van der Waals surface area contributed by atoms with Crippen LogP contribution in [0.25, 0.3) is 0 Å². The van der Waals surface area contributed by atoms with Crippen molar-refractivity contribution in [3.63, 3.8) is 0 Å². The van der Waals surface area contributed by atoms with Crippen molar-refractivity contribution in [1.82, 2.24) is 0 Å². The predicted molar refractivity (Wildman–Crippen MR) is 94.8 cm³/mol. The van der Waals surface area contributed by atoms with E-state index in [0.717, 1.165) is 17.5 Å². The van der Waals surface area contributed by atoms with Gasteiger partial charge >= 0.3 is 0 Å². The van der Waals surface area contributed by atoms with E-state index in [9.17, 15) is 9.18 Å². The van der Waals surface area contributed by atoms with E-state index in [0.29, 0.717) is 30.0 Å². The van der Waals surface area contributed by atoms with Crippen LogP contribution >= 0.6 is 0 Å². The summed E-state index contributed by atoms with van der Waals surface area (Å²) in [4.78, 5) is 13.0. The molecule has 0 bridgehead atoms. The number of carbonyl (C=O) groups excluding carboxylic acids is 1. The second kappa shape index (κ2) is 6.75. The first-order valence-corrected chi connectivity index (χ1v) is 8.30. The number of hydrogen-bond acceptors (Lipinski definition) is 3. The highest BCUT2D eigenvalue weighted by molar-refractivity contribution is 6.00. The van der Waals surface area contributed by atoms with Crippen molar-refractivity contribution in [1.29, 1.82) is 0 Å². The maximum Gasteiger partial charge on any atom is 0.235 e. The van der Waals surface area contributed by atoms with E-state index in [1.807, 2.05) is 19.1 Å². The third-order valence-corrected chi connectivity index (χ3v) is 5.00. The number of anilines is 1. The van der Waals surface area contributed by atoms with E-state index in [-0.39, 0.29) is 11.7 Å². The summed E-state index contributed by atoms with van der Waals surface area (Å²) >= 11 is 0. The van der Waals surface area contributed by atoms with Gasteiger partial charge in [-0.05, 0) is 49.1 Å². The molecule has 1 N–H and O–H groups in total. The normalized spacial score (nSPS) is 15.2. The summed E-state index contributed by atoms with van der Waals surface area (Å²) < 4.78 is 24.2. The van der Waals surface area contributed by atoms with Crippen LogP contribution < -0.4 is 14.8 Å². The molecule has 1 saturated carbocycles. The Kier molecular flexibility index (Phi) is 4.66. The zero-order valence-electron chi connectivity index (χ0n) is 14.7. The third kappa shape index (κ3) is 3.06. The Hall–Kier alpha value is -2.56. The molecule has 0 aromatic heterocycles. The van der Waals surface area contributed by atoms with Crippen LogP contribution in [0.15, 0.2) is 36.4 Å². The largest absolute Gasteiger partial charge is 0.493 e. The van der Waals surface area contributed by atoms with Crippen molar-refractivity contribution in [3.8, 4) is 11.5 Å². The van der Waals surface area contributed by atoms with Crippen LogP contribution in [0.3, 0.4) is 0 Å². The van der Waals surface area contributed by atoms with E-state index in [4.69, 9.17) is 9.47 Å². The number of carbonyl (C=O) groups is 1. The lowest BCUT2D eigenvalue weighted by Crippen LogP contribution is -2.46. The van der Waals surface area contributed by atoms with E-state index in [1.54, 1.807) is 26.4 Å². The Balaban J connectivity index is 1.91. The molecular weight excluding hydrogens is 321 g/mol. The molecule has 5 heteroatoms. The molecule has 1 aliphatic rings. The summed E-state index contributed by atoms with van der Waals surface area (Å²) in [6.45, 7) is 1.90. The Morgan fingerprint density at radius 1 is 1.12 bits per heavy atom. The average molecular weight is 343 g/mol. The average Bonchev–Trinajstić information content (AvgIpc) is 2.55. The standard InChI is InChI=1S/C20H22FNO3/c1-13-10-17(24-2)18(25-3)12-16(13)22-19(23)20(8-5-9-20)14-6-4-7-15(21)11-14/h4,6-7,10-12H,5,8-9H2,1-3H3,(H,22,23). The topological polar surface area (TPSA) is 47.6 Å². The molecule has 1 aliphatic carbocycles. The van der Waals surface area contributed by atoms with Crippen LogP contribution in [-0.4, -0.2) is 20.1 Å². The van der Waals surface area contributed by atoms with Crippen LogP contribution in [0.2, 0.25) is 0 Å². The molecule has 0 aliphatic heterocycles. The van der Waals surface area contributed by atoms with Crippen LogP contribution in [0.4, 0.5) is 10.1 Å². The van der Waals surface area contributed by atoms with Gasteiger partial charge in [0.05, 0.1) is 19.6 Å². The number of nitrogens with one attached hydrogen (secondary N) is 1. The van der Waals surface area contributed by atoms with Crippen LogP contribution in [0, 0.1) is 12.7 Å². The minimum atomic E-state index is -0.665. The zero-order chi connectivity index (χ0) is 18.0. The second-order valence-corrected chi connectivity index (χ2v) is 6.42. The monoisotopic (exact) mass is 343 g/mol. The Morgan fingerprint density at radius 2 is 1.80 bits per heavy atom.